The van der Waals surface area contributed by atoms with Crippen LogP contribution < -0.4 is 5.32 Å². The summed E-state index contributed by atoms with van der Waals surface area (Å²) in [6.07, 6.45) is 4.73. The Morgan fingerprint density at radius 2 is 1.81 bits per heavy atom. The van der Waals surface area contributed by atoms with Crippen molar-refractivity contribution in [1.82, 2.24) is 5.32 Å². The van der Waals surface area contributed by atoms with Gasteiger partial charge in [0.1, 0.15) is 17.7 Å². The molecule has 6 atom stereocenters. The van der Waals surface area contributed by atoms with Gasteiger partial charge in [-0.15, -0.1) is 0 Å². The number of epoxide rings is 1. The van der Waals surface area contributed by atoms with Crippen molar-refractivity contribution in [2.75, 3.05) is 0 Å². The molecule has 1 heterocycles. The van der Waals surface area contributed by atoms with Gasteiger partial charge in [0.2, 0.25) is 5.91 Å². The maximum Gasteiger partial charge on any atom is 0.223 e. The zero-order valence-electron chi connectivity index (χ0n) is 22.2. The van der Waals surface area contributed by atoms with Crippen LogP contribution >= 0.6 is 0 Å². The predicted octanol–water partition coefficient (Wildman–Crippen LogP) is 5.67. The Bertz CT molecular complexity index is 1090. The van der Waals surface area contributed by atoms with Crippen LogP contribution in [0.4, 0.5) is 0 Å². The number of benzene rings is 2. The van der Waals surface area contributed by atoms with Gasteiger partial charge in [0.15, 0.2) is 0 Å². The number of hydrogen-bond donors (Lipinski definition) is 1. The third-order valence-corrected chi connectivity index (χ3v) is 7.98. The summed E-state index contributed by atoms with van der Waals surface area (Å²) in [6.45, 7) is 8.16. The number of amides is 1. The van der Waals surface area contributed by atoms with Crippen LogP contribution in [-0.2, 0) is 25.5 Å². The lowest BCUT2D eigenvalue weighted by Gasteiger charge is -2.25. The first-order valence-electron chi connectivity index (χ1n) is 13.7. The molecule has 0 radical (unpaired) electrons. The van der Waals surface area contributed by atoms with Crippen molar-refractivity contribution in [1.29, 1.82) is 0 Å². The monoisotopic (exact) mass is 491 g/mol. The fourth-order valence-electron chi connectivity index (χ4n) is 5.85. The van der Waals surface area contributed by atoms with Crippen LogP contribution in [0.3, 0.4) is 0 Å². The van der Waals surface area contributed by atoms with Gasteiger partial charge in [0.05, 0.1) is 12.1 Å². The standard InChI is InChI=1S/C31H41NO4/c1-19(2)15-25(31(35)32-27(30-21(4)36-30)17-24-12-8-14-28(24)33)18-29(34)20(3)16-23-11-7-10-22-9-5-6-13-26(22)23/h5-7,9-11,13,19-21,24-25,27,30H,8,12,14-18H2,1-4H3,(H,32,35)/t20-,21?,24-,25+,27-,30-/m0/s1. The summed E-state index contributed by atoms with van der Waals surface area (Å²) in [6, 6.07) is 14.3. The van der Waals surface area contributed by atoms with E-state index >= 15 is 0 Å². The van der Waals surface area contributed by atoms with Crippen LogP contribution in [0.25, 0.3) is 10.8 Å². The third-order valence-electron chi connectivity index (χ3n) is 7.98. The Morgan fingerprint density at radius 1 is 1.08 bits per heavy atom. The highest BCUT2D eigenvalue weighted by Crippen LogP contribution is 2.33. The number of ketones is 2. The summed E-state index contributed by atoms with van der Waals surface area (Å²) in [5, 5.41) is 5.57. The molecule has 2 aliphatic rings. The van der Waals surface area contributed by atoms with E-state index in [1.54, 1.807) is 0 Å². The molecule has 4 rings (SSSR count). The lowest BCUT2D eigenvalue weighted by atomic mass is 9.85. The van der Waals surface area contributed by atoms with Gasteiger partial charge in [-0.25, -0.2) is 0 Å². The van der Waals surface area contributed by atoms with Gasteiger partial charge in [0.25, 0.3) is 0 Å². The summed E-state index contributed by atoms with van der Waals surface area (Å²) in [4.78, 5) is 39.1. The Morgan fingerprint density at radius 3 is 2.47 bits per heavy atom. The molecule has 5 nitrogen and oxygen atoms in total. The molecule has 2 aromatic rings. The molecule has 1 saturated carbocycles. The largest absolute Gasteiger partial charge is 0.368 e. The normalized spacial score (nSPS) is 24.0. The lowest BCUT2D eigenvalue weighted by Crippen LogP contribution is -2.45. The third kappa shape index (κ3) is 6.61. The molecule has 0 aromatic heterocycles. The molecule has 1 aliphatic heterocycles. The molecule has 1 N–H and O–H groups in total. The van der Waals surface area contributed by atoms with Crippen LogP contribution in [0.5, 0.6) is 0 Å². The fraction of sp³-hybridized carbons (Fsp3) is 0.581. The van der Waals surface area contributed by atoms with Crippen LogP contribution in [0.2, 0.25) is 0 Å². The van der Waals surface area contributed by atoms with Gasteiger partial charge < -0.3 is 10.1 Å². The minimum Gasteiger partial charge on any atom is -0.368 e. The summed E-state index contributed by atoms with van der Waals surface area (Å²) in [7, 11) is 0. The molecular formula is C31H41NO4. The number of rotatable bonds is 12. The van der Waals surface area contributed by atoms with E-state index in [1.807, 2.05) is 32.0 Å². The highest BCUT2D eigenvalue weighted by molar-refractivity contribution is 5.90. The summed E-state index contributed by atoms with van der Waals surface area (Å²) in [5.74, 6) is 0.124. The molecule has 2 aromatic carbocycles. The first-order valence-corrected chi connectivity index (χ1v) is 13.7. The topological polar surface area (TPSA) is 75.8 Å². The van der Waals surface area contributed by atoms with Gasteiger partial charge >= 0.3 is 0 Å². The van der Waals surface area contributed by atoms with Gasteiger partial charge in [-0.1, -0.05) is 63.2 Å². The van der Waals surface area contributed by atoms with Crippen molar-refractivity contribution in [2.24, 2.45) is 23.7 Å². The summed E-state index contributed by atoms with van der Waals surface area (Å²) in [5.41, 5.74) is 1.17. The maximum atomic E-state index is 13.5. The average Bonchev–Trinajstić information content (AvgIpc) is 3.44. The van der Waals surface area contributed by atoms with Crippen molar-refractivity contribution < 1.29 is 19.1 Å². The smallest absolute Gasteiger partial charge is 0.223 e. The fourth-order valence-corrected chi connectivity index (χ4v) is 5.85. The van der Waals surface area contributed by atoms with E-state index in [1.165, 1.54) is 16.3 Å². The molecule has 1 unspecified atom stereocenters. The number of Topliss-reactive ketones (excluding diaryl/α,β-unsaturated/α-hetero) is 2. The van der Waals surface area contributed by atoms with E-state index in [-0.39, 0.29) is 54.1 Å². The SMILES string of the molecule is CC(C)C[C@H](CC(=O)[C@@H](C)Cc1cccc2ccccc12)C(=O)N[C@@H](C[C@@H]1CCCC1=O)[C@H]1OC1C. The highest BCUT2D eigenvalue weighted by atomic mass is 16.6. The lowest BCUT2D eigenvalue weighted by molar-refractivity contribution is -0.132. The second-order valence-electron chi connectivity index (χ2n) is 11.5. The average molecular weight is 492 g/mol. The highest BCUT2D eigenvalue weighted by Gasteiger charge is 2.44. The molecule has 1 saturated heterocycles. The molecule has 0 spiro atoms. The first kappa shape index (κ1) is 26.5. The molecule has 194 valence electrons. The van der Waals surface area contributed by atoms with Crippen LogP contribution in [0.15, 0.2) is 42.5 Å². The second-order valence-corrected chi connectivity index (χ2v) is 11.5. The first-order chi connectivity index (χ1) is 17.2. The molecule has 5 heteroatoms. The molecule has 36 heavy (non-hydrogen) atoms. The quantitative estimate of drug-likeness (QED) is 0.388. The predicted molar refractivity (Wildman–Crippen MR) is 143 cm³/mol. The van der Waals surface area contributed by atoms with Gasteiger partial charge in [-0.05, 0) is 61.3 Å². The minimum absolute atomic E-state index is 0.0117. The van der Waals surface area contributed by atoms with Gasteiger partial charge in [-0.2, -0.15) is 0 Å². The zero-order valence-corrected chi connectivity index (χ0v) is 22.2. The Hall–Kier alpha value is -2.53. The van der Waals surface area contributed by atoms with Gasteiger partial charge in [-0.3, -0.25) is 14.4 Å². The number of fused-ring (bicyclic) bond motifs is 1. The van der Waals surface area contributed by atoms with E-state index in [0.717, 1.165) is 12.8 Å². The summed E-state index contributed by atoms with van der Waals surface area (Å²) >= 11 is 0. The Labute approximate surface area is 215 Å². The molecular weight excluding hydrogens is 450 g/mol. The molecule has 1 aliphatic carbocycles. The van der Waals surface area contributed by atoms with E-state index < -0.39 is 0 Å². The van der Waals surface area contributed by atoms with Crippen molar-refractivity contribution in [3.63, 3.8) is 0 Å². The molecule has 0 bridgehead atoms. The number of carbonyl (C=O) groups excluding carboxylic acids is 3. The number of ether oxygens (including phenoxy) is 1. The summed E-state index contributed by atoms with van der Waals surface area (Å²) < 4.78 is 5.71. The van der Waals surface area contributed by atoms with Crippen LogP contribution in [0.1, 0.15) is 71.8 Å². The minimum atomic E-state index is -0.372. The maximum absolute atomic E-state index is 13.5. The van der Waals surface area contributed by atoms with Crippen molar-refractivity contribution in [3.8, 4) is 0 Å². The number of carbonyl (C=O) groups is 3. The van der Waals surface area contributed by atoms with Crippen molar-refractivity contribution in [3.05, 3.63) is 48.0 Å². The molecule has 2 fully saturated rings. The zero-order chi connectivity index (χ0) is 25.8. The Kier molecular flexibility index (Phi) is 8.61. The Balaban J connectivity index is 1.41. The number of hydrogen-bond acceptors (Lipinski definition) is 4. The molecule has 1 amide bonds. The van der Waals surface area contributed by atoms with E-state index in [2.05, 4.69) is 43.4 Å². The van der Waals surface area contributed by atoms with E-state index in [0.29, 0.717) is 37.4 Å². The van der Waals surface area contributed by atoms with E-state index in [9.17, 15) is 14.4 Å². The van der Waals surface area contributed by atoms with Crippen LogP contribution in [-0.4, -0.2) is 35.7 Å². The second kappa shape index (κ2) is 11.7. The van der Waals surface area contributed by atoms with Crippen molar-refractivity contribution in [2.45, 2.75) is 90.9 Å². The van der Waals surface area contributed by atoms with Crippen LogP contribution in [0, 0.1) is 23.7 Å². The van der Waals surface area contributed by atoms with Gasteiger partial charge in [0, 0.05) is 30.6 Å². The number of nitrogens with one attached hydrogen (secondary N) is 1. The van der Waals surface area contributed by atoms with Crippen molar-refractivity contribution >= 4 is 28.2 Å². The van der Waals surface area contributed by atoms with E-state index in [4.69, 9.17) is 4.74 Å².